The van der Waals surface area contributed by atoms with E-state index in [1.165, 1.54) is 5.56 Å². The largest absolute Gasteiger partial charge is 0.497 e. The standard InChI is InChI=1S/C18H19N5O/c1-3-11-10-12(24-2)8-9-13(11)16-21-17(19)22-18-20-14-6-4-5-7-15(14)23(16)18/h4-10,16H,3H2,1-2H3,(H3,19,20,21,22)/t16-/m0/s1. The van der Waals surface area contributed by atoms with Crippen LogP contribution >= 0.6 is 0 Å². The minimum Gasteiger partial charge on any atom is -0.497 e. The Morgan fingerprint density at radius 3 is 2.88 bits per heavy atom. The van der Waals surface area contributed by atoms with Gasteiger partial charge in [0.25, 0.3) is 0 Å². The lowest BCUT2D eigenvalue weighted by atomic mass is 10.0. The smallest absolute Gasteiger partial charge is 0.212 e. The summed E-state index contributed by atoms with van der Waals surface area (Å²) in [6.07, 6.45) is 0.642. The molecule has 2 heterocycles. The van der Waals surface area contributed by atoms with Gasteiger partial charge in [-0.1, -0.05) is 25.1 Å². The van der Waals surface area contributed by atoms with Crippen LogP contribution in [0.2, 0.25) is 0 Å². The number of nitrogens with zero attached hydrogens (tertiary/aromatic N) is 3. The lowest BCUT2D eigenvalue weighted by molar-refractivity contribution is 0.414. The zero-order valence-electron chi connectivity index (χ0n) is 13.7. The van der Waals surface area contributed by atoms with E-state index in [2.05, 4.69) is 38.9 Å². The van der Waals surface area contributed by atoms with Crippen LogP contribution in [0.15, 0.2) is 47.5 Å². The summed E-state index contributed by atoms with van der Waals surface area (Å²) in [5.74, 6) is 1.93. The summed E-state index contributed by atoms with van der Waals surface area (Å²) < 4.78 is 7.44. The highest BCUT2D eigenvalue weighted by atomic mass is 16.5. The number of aliphatic imine (C=N–C) groups is 1. The molecule has 6 heteroatoms. The number of fused-ring (bicyclic) bond motifs is 3. The van der Waals surface area contributed by atoms with Crippen molar-refractivity contribution < 1.29 is 4.74 Å². The number of methoxy groups -OCH3 is 1. The van der Waals surface area contributed by atoms with E-state index >= 15 is 0 Å². The Kier molecular flexibility index (Phi) is 3.37. The molecule has 1 aliphatic rings. The number of nitrogens with two attached hydrogens (primary N) is 1. The molecule has 0 radical (unpaired) electrons. The van der Waals surface area contributed by atoms with Gasteiger partial charge in [-0.25, -0.2) is 9.98 Å². The van der Waals surface area contributed by atoms with E-state index in [-0.39, 0.29) is 6.17 Å². The second-order valence-corrected chi connectivity index (χ2v) is 5.73. The van der Waals surface area contributed by atoms with Gasteiger partial charge in [0.2, 0.25) is 5.95 Å². The Labute approximate surface area is 140 Å². The molecule has 1 aromatic heterocycles. The molecule has 0 saturated carbocycles. The Morgan fingerprint density at radius 1 is 1.25 bits per heavy atom. The first-order valence-electron chi connectivity index (χ1n) is 7.95. The first kappa shape index (κ1) is 14.6. The number of aromatic nitrogens is 2. The molecular weight excluding hydrogens is 302 g/mol. The predicted molar refractivity (Wildman–Crippen MR) is 95.5 cm³/mol. The van der Waals surface area contributed by atoms with Crippen LogP contribution in [0.25, 0.3) is 11.0 Å². The van der Waals surface area contributed by atoms with Gasteiger partial charge in [-0.05, 0) is 36.2 Å². The van der Waals surface area contributed by atoms with Gasteiger partial charge in [0.1, 0.15) is 5.75 Å². The van der Waals surface area contributed by atoms with Crippen molar-refractivity contribution in [3.8, 4) is 5.75 Å². The van der Waals surface area contributed by atoms with Crippen molar-refractivity contribution in [3.63, 3.8) is 0 Å². The van der Waals surface area contributed by atoms with E-state index < -0.39 is 0 Å². The molecule has 0 spiro atoms. The normalized spacial score (nSPS) is 16.4. The molecule has 3 aromatic rings. The number of para-hydroxylation sites is 2. The zero-order valence-corrected chi connectivity index (χ0v) is 13.7. The molecule has 4 rings (SSSR count). The number of imidazole rings is 1. The van der Waals surface area contributed by atoms with Crippen LogP contribution in [0, 0.1) is 0 Å². The van der Waals surface area contributed by atoms with E-state index in [0.29, 0.717) is 11.9 Å². The summed E-state index contributed by atoms with van der Waals surface area (Å²) in [4.78, 5) is 9.28. The van der Waals surface area contributed by atoms with Gasteiger partial charge in [-0.3, -0.25) is 9.88 Å². The molecule has 24 heavy (non-hydrogen) atoms. The Hall–Kier alpha value is -3.02. The molecule has 0 aliphatic carbocycles. The first-order valence-corrected chi connectivity index (χ1v) is 7.95. The van der Waals surface area contributed by atoms with Crippen LogP contribution in [-0.2, 0) is 6.42 Å². The Balaban J connectivity index is 1.94. The summed E-state index contributed by atoms with van der Waals surface area (Å²) in [5, 5.41) is 3.06. The molecule has 0 amide bonds. The van der Waals surface area contributed by atoms with Crippen LogP contribution in [0.4, 0.5) is 5.95 Å². The van der Waals surface area contributed by atoms with Crippen molar-refractivity contribution in [1.29, 1.82) is 0 Å². The maximum Gasteiger partial charge on any atom is 0.212 e. The fourth-order valence-electron chi connectivity index (χ4n) is 3.19. The van der Waals surface area contributed by atoms with Crippen molar-refractivity contribution in [2.24, 2.45) is 10.7 Å². The van der Waals surface area contributed by atoms with Gasteiger partial charge in [0, 0.05) is 5.56 Å². The third-order valence-corrected chi connectivity index (χ3v) is 4.35. The maximum atomic E-state index is 6.01. The predicted octanol–water partition coefficient (Wildman–Crippen LogP) is 2.89. The van der Waals surface area contributed by atoms with E-state index in [1.54, 1.807) is 7.11 Å². The van der Waals surface area contributed by atoms with Gasteiger partial charge in [0.15, 0.2) is 12.1 Å². The van der Waals surface area contributed by atoms with Gasteiger partial charge >= 0.3 is 0 Å². The first-order chi connectivity index (χ1) is 11.7. The lowest BCUT2D eigenvalue weighted by Crippen LogP contribution is -2.31. The number of benzene rings is 2. The van der Waals surface area contributed by atoms with E-state index in [0.717, 1.165) is 28.8 Å². The summed E-state index contributed by atoms with van der Waals surface area (Å²) in [6, 6.07) is 14.1. The highest BCUT2D eigenvalue weighted by molar-refractivity contribution is 5.94. The molecule has 0 saturated heterocycles. The molecule has 3 N–H and O–H groups in total. The lowest BCUT2D eigenvalue weighted by Gasteiger charge is -2.25. The molecule has 6 nitrogen and oxygen atoms in total. The quantitative estimate of drug-likeness (QED) is 0.777. The molecular formula is C18H19N5O. The Morgan fingerprint density at radius 2 is 2.08 bits per heavy atom. The third-order valence-electron chi connectivity index (χ3n) is 4.35. The van der Waals surface area contributed by atoms with Crippen LogP contribution < -0.4 is 15.8 Å². The number of nitrogens with one attached hydrogen (secondary N) is 1. The summed E-state index contributed by atoms with van der Waals surface area (Å²) in [7, 11) is 1.68. The highest BCUT2D eigenvalue weighted by Crippen LogP contribution is 2.34. The van der Waals surface area contributed by atoms with Gasteiger partial charge < -0.3 is 10.5 Å². The second kappa shape index (κ2) is 5.56. The Bertz CT molecular complexity index is 944. The fourth-order valence-corrected chi connectivity index (χ4v) is 3.19. The van der Waals surface area contributed by atoms with Crippen molar-refractivity contribution in [3.05, 3.63) is 53.6 Å². The topological polar surface area (TPSA) is 77.5 Å². The number of hydrogen-bond donors (Lipinski definition) is 2. The van der Waals surface area contributed by atoms with Crippen LogP contribution in [0.3, 0.4) is 0 Å². The van der Waals surface area contributed by atoms with Gasteiger partial charge in [0.05, 0.1) is 18.1 Å². The number of hydrogen-bond acceptors (Lipinski definition) is 5. The third kappa shape index (κ3) is 2.19. The second-order valence-electron chi connectivity index (χ2n) is 5.73. The van der Waals surface area contributed by atoms with Gasteiger partial charge in [-0.15, -0.1) is 0 Å². The minimum atomic E-state index is -0.241. The average Bonchev–Trinajstić information content (AvgIpc) is 2.98. The van der Waals surface area contributed by atoms with Crippen LogP contribution in [0.5, 0.6) is 5.75 Å². The van der Waals surface area contributed by atoms with Crippen LogP contribution in [0.1, 0.15) is 24.2 Å². The fraction of sp³-hybridized carbons (Fsp3) is 0.222. The number of anilines is 1. The molecule has 1 aliphatic heterocycles. The summed E-state index contributed by atoms with van der Waals surface area (Å²) >= 11 is 0. The SMILES string of the molecule is CCc1cc(OC)ccc1[C@H]1N=C(N)Nc2nc3ccccc3n21. The summed E-state index contributed by atoms with van der Waals surface area (Å²) in [5.41, 5.74) is 10.2. The number of ether oxygens (including phenoxy) is 1. The van der Waals surface area contributed by atoms with Crippen molar-refractivity contribution in [2.75, 3.05) is 12.4 Å². The van der Waals surface area contributed by atoms with Crippen molar-refractivity contribution in [1.82, 2.24) is 9.55 Å². The van der Waals surface area contributed by atoms with E-state index in [9.17, 15) is 0 Å². The summed E-state index contributed by atoms with van der Waals surface area (Å²) in [6.45, 7) is 2.12. The van der Waals surface area contributed by atoms with E-state index in [4.69, 9.17) is 10.5 Å². The molecule has 0 fully saturated rings. The molecule has 0 unspecified atom stereocenters. The molecule has 2 aromatic carbocycles. The number of aryl methyl sites for hydroxylation is 1. The van der Waals surface area contributed by atoms with E-state index in [1.807, 2.05) is 30.3 Å². The maximum absolute atomic E-state index is 6.01. The van der Waals surface area contributed by atoms with Gasteiger partial charge in [-0.2, -0.15) is 0 Å². The average molecular weight is 321 g/mol. The zero-order chi connectivity index (χ0) is 16.7. The highest BCUT2D eigenvalue weighted by Gasteiger charge is 2.26. The number of rotatable bonds is 3. The molecule has 122 valence electrons. The molecule has 0 bridgehead atoms. The van der Waals surface area contributed by atoms with Crippen LogP contribution in [-0.4, -0.2) is 22.6 Å². The minimum absolute atomic E-state index is 0.241. The monoisotopic (exact) mass is 321 g/mol. The van der Waals surface area contributed by atoms with Crippen molar-refractivity contribution in [2.45, 2.75) is 19.5 Å². The molecule has 1 atom stereocenters. The van der Waals surface area contributed by atoms with Crippen molar-refractivity contribution >= 4 is 22.9 Å². The number of guanidine groups is 1.